The van der Waals surface area contributed by atoms with Crippen molar-refractivity contribution in [1.29, 1.82) is 0 Å². The van der Waals surface area contributed by atoms with Gasteiger partial charge in [-0.15, -0.1) is 10.2 Å². The van der Waals surface area contributed by atoms with Crippen LogP contribution in [0.15, 0.2) is 36.4 Å². The zero-order chi connectivity index (χ0) is 23.7. The Morgan fingerprint density at radius 2 is 2.12 bits per heavy atom. The molecule has 0 radical (unpaired) electrons. The molecule has 33 heavy (non-hydrogen) atoms. The number of rotatable bonds is 7. The van der Waals surface area contributed by atoms with Gasteiger partial charge in [0.15, 0.2) is 5.82 Å². The van der Waals surface area contributed by atoms with E-state index < -0.39 is 18.8 Å². The molecule has 5 N–H and O–H groups in total. The first kappa shape index (κ1) is 22.4. The smallest absolute Gasteiger partial charge is 0.477 e. The van der Waals surface area contributed by atoms with E-state index in [9.17, 15) is 19.2 Å². The minimum Gasteiger partial charge on any atom is -0.477 e. The zero-order valence-corrected chi connectivity index (χ0v) is 18.0. The van der Waals surface area contributed by atoms with Gasteiger partial charge in [-0.1, -0.05) is 24.3 Å². The highest BCUT2D eigenvalue weighted by atomic mass is 19.1. The van der Waals surface area contributed by atoms with E-state index in [0.717, 1.165) is 11.6 Å². The molecule has 1 atom stereocenters. The van der Waals surface area contributed by atoms with Crippen LogP contribution in [0.3, 0.4) is 0 Å². The number of ether oxygens (including phenoxy) is 1. The molecule has 2 aromatic carbocycles. The molecule has 1 amide bonds. The quantitative estimate of drug-likeness (QED) is 0.376. The summed E-state index contributed by atoms with van der Waals surface area (Å²) in [5, 5.41) is 30.1. The molecule has 1 unspecified atom stereocenters. The Morgan fingerprint density at radius 1 is 1.33 bits per heavy atom. The number of methoxy groups -OCH3 is 1. The van der Waals surface area contributed by atoms with E-state index in [1.165, 1.54) is 13.2 Å². The topological polar surface area (TPSA) is 147 Å². The predicted molar refractivity (Wildman–Crippen MR) is 120 cm³/mol. The molecule has 0 saturated carbocycles. The van der Waals surface area contributed by atoms with Crippen LogP contribution in [-0.4, -0.2) is 51.4 Å². The third-order valence-electron chi connectivity index (χ3n) is 5.42. The van der Waals surface area contributed by atoms with Crippen molar-refractivity contribution in [3.05, 3.63) is 58.9 Å². The van der Waals surface area contributed by atoms with Crippen LogP contribution < -0.4 is 26.2 Å². The molecule has 170 valence electrons. The lowest BCUT2D eigenvalue weighted by molar-refractivity contribution is 0.0999. The van der Waals surface area contributed by atoms with Gasteiger partial charge in [0.25, 0.3) is 11.8 Å². The lowest BCUT2D eigenvalue weighted by atomic mass is 9.80. The molecule has 1 aliphatic rings. The maximum Gasteiger partial charge on any atom is 0.488 e. The molecular weight excluding hydrogens is 430 g/mol. The molecule has 1 aromatic heterocycles. The Hall–Kier alpha value is -3.77. The van der Waals surface area contributed by atoms with Crippen molar-refractivity contribution in [2.45, 2.75) is 25.9 Å². The van der Waals surface area contributed by atoms with Crippen molar-refractivity contribution in [2.75, 3.05) is 17.3 Å². The van der Waals surface area contributed by atoms with Crippen LogP contribution in [-0.2, 0) is 13.0 Å². The molecule has 2 heterocycles. The van der Waals surface area contributed by atoms with Gasteiger partial charge in [-0.25, -0.2) is 4.39 Å². The lowest BCUT2D eigenvalue weighted by Crippen LogP contribution is -2.30. The van der Waals surface area contributed by atoms with Crippen molar-refractivity contribution in [3.63, 3.8) is 0 Å². The monoisotopic (exact) mass is 452 g/mol. The van der Waals surface area contributed by atoms with Crippen molar-refractivity contribution in [2.24, 2.45) is 5.73 Å². The summed E-state index contributed by atoms with van der Waals surface area (Å²) in [4.78, 5) is 18.1. The first-order valence-electron chi connectivity index (χ1n) is 10.2. The molecule has 10 nitrogen and oxygen atoms in total. The van der Waals surface area contributed by atoms with E-state index >= 15 is 0 Å². The SMILES string of the molecule is COc1nnc(N2c3cc(F)cc(C(N)=O)c3CC2C)nc1NCc1cccc(B(O)O)c1. The number of aromatic nitrogens is 3. The van der Waals surface area contributed by atoms with Crippen LogP contribution >= 0.6 is 0 Å². The zero-order valence-electron chi connectivity index (χ0n) is 18.0. The van der Waals surface area contributed by atoms with E-state index in [0.29, 0.717) is 35.5 Å². The van der Waals surface area contributed by atoms with Crippen LogP contribution in [0.5, 0.6) is 5.88 Å². The summed E-state index contributed by atoms with van der Waals surface area (Å²) in [5.74, 6) is -0.644. The second-order valence-corrected chi connectivity index (χ2v) is 7.68. The number of nitrogens with zero attached hydrogens (tertiary/aromatic N) is 4. The average molecular weight is 452 g/mol. The van der Waals surface area contributed by atoms with Gasteiger partial charge in [-0.05, 0) is 42.1 Å². The van der Waals surface area contributed by atoms with Crippen molar-refractivity contribution >= 4 is 35.9 Å². The molecule has 0 saturated heterocycles. The number of halogens is 1. The number of carbonyl (C=O) groups is 1. The molecule has 0 spiro atoms. The number of carbonyl (C=O) groups excluding carboxylic acids is 1. The first-order valence-corrected chi connectivity index (χ1v) is 10.2. The third kappa shape index (κ3) is 4.43. The van der Waals surface area contributed by atoms with Crippen LogP contribution in [0.1, 0.15) is 28.4 Å². The summed E-state index contributed by atoms with van der Waals surface area (Å²) in [5.41, 5.74) is 7.79. The first-order chi connectivity index (χ1) is 15.8. The number of primary amides is 1. The highest BCUT2D eigenvalue weighted by Crippen LogP contribution is 2.39. The summed E-state index contributed by atoms with van der Waals surface area (Å²) in [6.45, 7) is 2.19. The largest absolute Gasteiger partial charge is 0.488 e. The van der Waals surface area contributed by atoms with E-state index in [2.05, 4.69) is 20.5 Å². The normalized spacial score (nSPS) is 14.7. The van der Waals surface area contributed by atoms with Gasteiger partial charge in [0, 0.05) is 18.2 Å². The van der Waals surface area contributed by atoms with Gasteiger partial charge in [0.1, 0.15) is 5.82 Å². The standard InChI is InChI=1S/C21H22BFN6O4/c1-11-6-15-16(18(24)30)8-14(23)9-17(15)29(11)21-26-19(20(33-2)27-28-21)25-10-12-4-3-5-13(7-12)22(31)32/h3-5,7-9,11,31-32H,6,10H2,1-2H3,(H2,24,30)(H,25,26,28). The summed E-state index contributed by atoms with van der Waals surface area (Å²) < 4.78 is 19.5. The molecule has 12 heteroatoms. The van der Waals surface area contributed by atoms with E-state index in [4.69, 9.17) is 10.5 Å². The fourth-order valence-electron chi connectivity index (χ4n) is 3.91. The number of hydrogen-bond donors (Lipinski definition) is 4. The number of benzene rings is 2. The predicted octanol–water partition coefficient (Wildman–Crippen LogP) is 0.493. The summed E-state index contributed by atoms with van der Waals surface area (Å²) in [6.07, 6.45) is 0.461. The third-order valence-corrected chi connectivity index (χ3v) is 5.42. The Balaban J connectivity index is 1.67. The van der Waals surface area contributed by atoms with Crippen LogP contribution in [0.4, 0.5) is 21.8 Å². The maximum atomic E-state index is 14.2. The number of nitrogens with two attached hydrogens (primary N) is 1. The van der Waals surface area contributed by atoms with Crippen LogP contribution in [0.25, 0.3) is 0 Å². The van der Waals surface area contributed by atoms with Crippen molar-refractivity contribution in [3.8, 4) is 5.88 Å². The van der Waals surface area contributed by atoms with Crippen molar-refractivity contribution in [1.82, 2.24) is 15.2 Å². The molecule has 1 aliphatic heterocycles. The number of nitrogens with one attached hydrogen (secondary N) is 1. The van der Waals surface area contributed by atoms with Gasteiger partial charge < -0.3 is 30.7 Å². The lowest BCUT2D eigenvalue weighted by Gasteiger charge is -2.23. The highest BCUT2D eigenvalue weighted by Gasteiger charge is 2.33. The number of fused-ring (bicyclic) bond motifs is 1. The number of hydrogen-bond acceptors (Lipinski definition) is 9. The average Bonchev–Trinajstić information content (AvgIpc) is 3.12. The maximum absolute atomic E-state index is 14.2. The van der Waals surface area contributed by atoms with E-state index in [1.807, 2.05) is 13.0 Å². The Kier molecular flexibility index (Phi) is 6.12. The summed E-state index contributed by atoms with van der Waals surface area (Å²) in [7, 11) is -0.143. The molecule has 0 fully saturated rings. The van der Waals surface area contributed by atoms with Gasteiger partial charge >= 0.3 is 7.12 Å². The Morgan fingerprint density at radius 3 is 2.82 bits per heavy atom. The van der Waals surface area contributed by atoms with Crippen LogP contribution in [0.2, 0.25) is 0 Å². The second-order valence-electron chi connectivity index (χ2n) is 7.68. The minimum absolute atomic E-state index is 0.130. The molecule has 0 bridgehead atoms. The van der Waals surface area contributed by atoms with E-state index in [1.54, 1.807) is 23.1 Å². The van der Waals surface area contributed by atoms with Crippen LogP contribution in [0, 0.1) is 5.82 Å². The summed E-state index contributed by atoms with van der Waals surface area (Å²) >= 11 is 0. The molecular formula is C21H22BFN6O4. The van der Waals surface area contributed by atoms with Gasteiger partial charge in [-0.2, -0.15) is 4.98 Å². The fraction of sp³-hybridized carbons (Fsp3) is 0.238. The minimum atomic E-state index is -1.57. The van der Waals surface area contributed by atoms with Gasteiger partial charge in [0.05, 0.1) is 12.8 Å². The van der Waals surface area contributed by atoms with Gasteiger partial charge in [-0.3, -0.25) is 4.79 Å². The Labute approximate surface area is 189 Å². The number of amides is 1. The second kappa shape index (κ2) is 9.00. The Bertz CT molecular complexity index is 1210. The van der Waals surface area contributed by atoms with Crippen molar-refractivity contribution < 1.29 is 24.0 Å². The molecule has 4 rings (SSSR count). The highest BCUT2D eigenvalue weighted by molar-refractivity contribution is 6.58. The molecule has 3 aromatic rings. The summed E-state index contributed by atoms with van der Waals surface area (Å²) in [6, 6.07) is 9.05. The molecule has 0 aliphatic carbocycles. The fourth-order valence-corrected chi connectivity index (χ4v) is 3.91. The van der Waals surface area contributed by atoms with E-state index in [-0.39, 0.29) is 23.4 Å². The number of anilines is 3. The van der Waals surface area contributed by atoms with Gasteiger partial charge in [0.2, 0.25) is 5.91 Å².